The van der Waals surface area contributed by atoms with Gasteiger partial charge in [0.25, 0.3) is 0 Å². The highest BCUT2D eigenvalue weighted by atomic mass is 32.2. The normalized spacial score (nSPS) is 11.7. The second-order valence-corrected chi connectivity index (χ2v) is 9.17. The van der Waals surface area contributed by atoms with Crippen LogP contribution >= 0.6 is 23.1 Å². The van der Waals surface area contributed by atoms with E-state index >= 15 is 0 Å². The maximum Gasteiger partial charge on any atom is 0.206 e. The lowest BCUT2D eigenvalue weighted by Gasteiger charge is -2.14. The molecule has 0 unspecified atom stereocenters. The summed E-state index contributed by atoms with van der Waals surface area (Å²) in [5.74, 6) is 1.71. The minimum atomic E-state index is 0.548. The minimum absolute atomic E-state index is 0.548. The first-order chi connectivity index (χ1) is 17.2. The first-order valence-electron chi connectivity index (χ1n) is 10.9. The number of hydrogen-bond donors (Lipinski definition) is 0. The molecule has 4 rings (SSSR count). The van der Waals surface area contributed by atoms with E-state index in [2.05, 4.69) is 42.7 Å². The van der Waals surface area contributed by atoms with Gasteiger partial charge in [-0.3, -0.25) is 4.99 Å². The second-order valence-electron chi connectivity index (χ2n) is 7.45. The number of thiazole rings is 1. The molecule has 35 heavy (non-hydrogen) atoms. The van der Waals surface area contributed by atoms with Gasteiger partial charge in [-0.2, -0.15) is 5.10 Å². The predicted octanol–water partition coefficient (Wildman–Crippen LogP) is 5.95. The van der Waals surface area contributed by atoms with Crippen LogP contribution in [0.1, 0.15) is 11.1 Å². The molecule has 0 saturated heterocycles. The van der Waals surface area contributed by atoms with Gasteiger partial charge in [-0.15, -0.1) is 23.1 Å². The van der Waals surface area contributed by atoms with E-state index < -0.39 is 0 Å². The van der Waals surface area contributed by atoms with Gasteiger partial charge in [0.05, 0.1) is 39.8 Å². The van der Waals surface area contributed by atoms with E-state index in [1.807, 2.05) is 46.6 Å². The summed E-state index contributed by atoms with van der Waals surface area (Å²) < 4.78 is 18.5. The number of rotatable bonds is 9. The molecule has 1 aromatic heterocycles. The number of thioether (sulfide) groups is 1. The monoisotopic (exact) mass is 505 g/mol. The fraction of sp³-hybridized carbons (Fsp3) is 0.185. The third kappa shape index (κ3) is 5.78. The van der Waals surface area contributed by atoms with Crippen molar-refractivity contribution in [1.29, 1.82) is 0 Å². The maximum absolute atomic E-state index is 5.57. The predicted molar refractivity (Wildman–Crippen MR) is 144 cm³/mol. The quantitative estimate of drug-likeness (QED) is 0.208. The Morgan fingerprint density at radius 1 is 0.914 bits per heavy atom. The molecule has 0 aliphatic heterocycles. The van der Waals surface area contributed by atoms with Crippen molar-refractivity contribution in [2.75, 3.05) is 27.6 Å². The van der Waals surface area contributed by atoms with Gasteiger partial charge in [-0.25, -0.2) is 4.68 Å². The van der Waals surface area contributed by atoms with E-state index in [1.54, 1.807) is 33.1 Å². The highest BCUT2D eigenvalue weighted by Crippen LogP contribution is 2.41. The van der Waals surface area contributed by atoms with E-state index in [1.165, 1.54) is 16.2 Å². The molecule has 1 heterocycles. The van der Waals surface area contributed by atoms with Gasteiger partial charge < -0.3 is 14.2 Å². The first kappa shape index (κ1) is 24.6. The van der Waals surface area contributed by atoms with Gasteiger partial charge in [0.1, 0.15) is 0 Å². The molecule has 0 N–H and O–H groups in total. The molecule has 180 valence electrons. The lowest BCUT2D eigenvalue weighted by atomic mass is 10.1. The molecule has 0 spiro atoms. The van der Waals surface area contributed by atoms with Crippen molar-refractivity contribution >= 4 is 29.3 Å². The molecule has 0 aliphatic carbocycles. The fourth-order valence-electron chi connectivity index (χ4n) is 3.50. The Kier molecular flexibility index (Phi) is 8.28. The van der Waals surface area contributed by atoms with Crippen molar-refractivity contribution in [1.82, 2.24) is 4.68 Å². The van der Waals surface area contributed by atoms with Crippen LogP contribution in [0.15, 0.2) is 87.1 Å². The van der Waals surface area contributed by atoms with Crippen LogP contribution in [0.3, 0.4) is 0 Å². The van der Waals surface area contributed by atoms with Crippen LogP contribution in [-0.4, -0.2) is 38.5 Å². The van der Waals surface area contributed by atoms with Gasteiger partial charge in [-0.1, -0.05) is 42.5 Å². The molecular formula is C27H27N3O3S2. The smallest absolute Gasteiger partial charge is 0.206 e. The average molecular weight is 506 g/mol. The summed E-state index contributed by atoms with van der Waals surface area (Å²) in [6, 6.07) is 22.3. The second kappa shape index (κ2) is 11.8. The highest BCUT2D eigenvalue weighted by molar-refractivity contribution is 7.98. The minimum Gasteiger partial charge on any atom is -0.493 e. The summed E-state index contributed by atoms with van der Waals surface area (Å²) in [7, 11) is 4.82. The van der Waals surface area contributed by atoms with E-state index in [0.29, 0.717) is 23.8 Å². The van der Waals surface area contributed by atoms with Crippen molar-refractivity contribution in [2.45, 2.75) is 11.4 Å². The van der Waals surface area contributed by atoms with Gasteiger partial charge >= 0.3 is 0 Å². The van der Waals surface area contributed by atoms with Crippen LogP contribution < -0.4 is 19.0 Å². The third-order valence-electron chi connectivity index (χ3n) is 5.32. The summed E-state index contributed by atoms with van der Waals surface area (Å²) >= 11 is 3.25. The van der Waals surface area contributed by atoms with Gasteiger partial charge in [0, 0.05) is 15.8 Å². The maximum atomic E-state index is 5.57. The van der Waals surface area contributed by atoms with Crippen molar-refractivity contribution in [3.8, 4) is 28.5 Å². The van der Waals surface area contributed by atoms with Crippen LogP contribution in [-0.2, 0) is 6.54 Å². The topological polar surface area (TPSA) is 57.3 Å². The molecule has 0 atom stereocenters. The van der Waals surface area contributed by atoms with E-state index in [-0.39, 0.29) is 0 Å². The Morgan fingerprint density at radius 2 is 1.60 bits per heavy atom. The molecule has 0 radical (unpaired) electrons. The summed E-state index contributed by atoms with van der Waals surface area (Å²) in [5.41, 5.74) is 3.90. The van der Waals surface area contributed by atoms with Crippen LogP contribution in [0.25, 0.3) is 11.3 Å². The molecule has 8 heteroatoms. The zero-order chi connectivity index (χ0) is 24.6. The third-order valence-corrected chi connectivity index (χ3v) is 6.92. The SMILES string of the molecule is COc1cc(-c2csc(=NCc3ccccc3)n2N=Cc2ccc(SC)cc2)cc(OC)c1OC. The summed E-state index contributed by atoms with van der Waals surface area (Å²) in [5, 5.41) is 6.86. The number of ether oxygens (including phenoxy) is 3. The number of aromatic nitrogens is 1. The fourth-order valence-corrected chi connectivity index (χ4v) is 4.75. The number of nitrogens with zero attached hydrogens (tertiary/aromatic N) is 3. The van der Waals surface area contributed by atoms with Crippen molar-refractivity contribution in [3.63, 3.8) is 0 Å². The van der Waals surface area contributed by atoms with Crippen LogP contribution in [0.2, 0.25) is 0 Å². The highest BCUT2D eigenvalue weighted by Gasteiger charge is 2.17. The Balaban J connectivity index is 1.81. The number of methoxy groups -OCH3 is 3. The molecule has 4 aromatic rings. The van der Waals surface area contributed by atoms with E-state index in [9.17, 15) is 0 Å². The average Bonchev–Trinajstić information content (AvgIpc) is 3.33. The zero-order valence-corrected chi connectivity index (χ0v) is 21.7. The Morgan fingerprint density at radius 3 is 2.20 bits per heavy atom. The molecule has 6 nitrogen and oxygen atoms in total. The van der Waals surface area contributed by atoms with Crippen molar-refractivity contribution < 1.29 is 14.2 Å². The van der Waals surface area contributed by atoms with Gasteiger partial charge in [0.2, 0.25) is 10.6 Å². The lowest BCUT2D eigenvalue weighted by Crippen LogP contribution is -2.12. The molecule has 0 amide bonds. The lowest BCUT2D eigenvalue weighted by molar-refractivity contribution is 0.324. The number of hydrogen-bond acceptors (Lipinski definition) is 7. The Labute approximate surface area is 213 Å². The molecule has 0 bridgehead atoms. The van der Waals surface area contributed by atoms with Crippen LogP contribution in [0.5, 0.6) is 17.2 Å². The standard InChI is InChI=1S/C27H27N3O3S2/c1-31-24-14-21(15-25(32-2)26(24)33-3)23-18-35-27(28-16-19-8-6-5-7-9-19)30(23)29-17-20-10-12-22(34-4)13-11-20/h5-15,17-18H,16H2,1-4H3. The van der Waals surface area contributed by atoms with E-state index in [4.69, 9.17) is 24.3 Å². The molecule has 0 aliphatic rings. The summed E-state index contributed by atoms with van der Waals surface area (Å²) in [4.78, 5) is 6.86. The Bertz CT molecular complexity index is 1340. The first-order valence-corrected chi connectivity index (χ1v) is 13.0. The summed E-state index contributed by atoms with van der Waals surface area (Å²) in [6.45, 7) is 0.563. The molecule has 0 fully saturated rings. The van der Waals surface area contributed by atoms with Crippen LogP contribution in [0.4, 0.5) is 0 Å². The number of benzene rings is 3. The van der Waals surface area contributed by atoms with Crippen molar-refractivity contribution in [3.05, 3.63) is 88.0 Å². The molecular weight excluding hydrogens is 478 g/mol. The van der Waals surface area contributed by atoms with Crippen LogP contribution in [0, 0.1) is 0 Å². The molecule has 3 aromatic carbocycles. The van der Waals surface area contributed by atoms with Crippen molar-refractivity contribution in [2.24, 2.45) is 10.1 Å². The molecule has 0 saturated carbocycles. The van der Waals surface area contributed by atoms with E-state index in [0.717, 1.165) is 27.2 Å². The zero-order valence-electron chi connectivity index (χ0n) is 20.1. The largest absolute Gasteiger partial charge is 0.493 e. The summed E-state index contributed by atoms with van der Waals surface area (Å²) in [6.07, 6.45) is 3.91. The van der Waals surface area contributed by atoms with Gasteiger partial charge in [0.15, 0.2) is 11.5 Å². The van der Waals surface area contributed by atoms with Gasteiger partial charge in [-0.05, 0) is 41.6 Å². The Hall–Kier alpha value is -3.49.